The second kappa shape index (κ2) is 9.48. The van der Waals surface area contributed by atoms with Gasteiger partial charge in [-0.2, -0.15) is 0 Å². The smallest absolute Gasteiger partial charge is 0.126 e. The van der Waals surface area contributed by atoms with Crippen molar-refractivity contribution in [1.29, 1.82) is 0 Å². The molecule has 0 amide bonds. The van der Waals surface area contributed by atoms with Crippen molar-refractivity contribution < 1.29 is 23.4 Å². The van der Waals surface area contributed by atoms with Crippen molar-refractivity contribution in [3.05, 3.63) is 94.6 Å². The Morgan fingerprint density at radius 1 is 0.806 bits per heavy atom. The fraction of sp³-hybridized carbons (Fsp3) is 0.308. The molecule has 0 heterocycles. The van der Waals surface area contributed by atoms with Crippen LogP contribution in [0.1, 0.15) is 42.0 Å². The van der Waals surface area contributed by atoms with Crippen molar-refractivity contribution >= 4 is 0 Å². The first-order valence-electron chi connectivity index (χ1n) is 10.2. The number of halogens is 2. The number of ether oxygens (including phenoxy) is 2. The minimum atomic E-state index is -1.45. The molecule has 164 valence electrons. The second-order valence-corrected chi connectivity index (χ2v) is 8.09. The largest absolute Gasteiger partial charge is 0.496 e. The molecule has 0 bridgehead atoms. The number of hydrogen-bond donors (Lipinski definition) is 1. The molecule has 3 nitrogen and oxygen atoms in total. The minimum Gasteiger partial charge on any atom is -0.496 e. The first-order chi connectivity index (χ1) is 14.8. The lowest BCUT2D eigenvalue weighted by Crippen LogP contribution is -2.32. The lowest BCUT2D eigenvalue weighted by atomic mass is 9.81. The van der Waals surface area contributed by atoms with Crippen molar-refractivity contribution in [3.63, 3.8) is 0 Å². The maximum Gasteiger partial charge on any atom is 0.126 e. The highest BCUT2D eigenvalue weighted by atomic mass is 19.1. The third-order valence-corrected chi connectivity index (χ3v) is 5.43. The van der Waals surface area contributed by atoms with E-state index < -0.39 is 5.60 Å². The van der Waals surface area contributed by atoms with Crippen molar-refractivity contribution in [3.8, 4) is 11.5 Å². The van der Waals surface area contributed by atoms with Gasteiger partial charge in [0.2, 0.25) is 0 Å². The summed E-state index contributed by atoms with van der Waals surface area (Å²) < 4.78 is 38.9. The molecule has 0 saturated carbocycles. The third kappa shape index (κ3) is 5.23. The van der Waals surface area contributed by atoms with E-state index in [1.807, 2.05) is 13.8 Å². The fourth-order valence-corrected chi connectivity index (χ4v) is 4.01. The number of rotatable bonds is 8. The van der Waals surface area contributed by atoms with E-state index in [0.717, 1.165) is 5.56 Å². The van der Waals surface area contributed by atoms with Crippen molar-refractivity contribution in [2.75, 3.05) is 14.2 Å². The van der Waals surface area contributed by atoms with E-state index >= 15 is 0 Å². The maximum atomic E-state index is 13.8. The highest BCUT2D eigenvalue weighted by Crippen LogP contribution is 2.41. The molecule has 0 spiro atoms. The Kier molecular flexibility index (Phi) is 6.96. The van der Waals surface area contributed by atoms with Crippen LogP contribution in [-0.2, 0) is 18.4 Å². The van der Waals surface area contributed by atoms with E-state index in [9.17, 15) is 13.9 Å². The highest BCUT2D eigenvalue weighted by Gasteiger charge is 2.33. The van der Waals surface area contributed by atoms with Crippen molar-refractivity contribution in [2.24, 2.45) is 0 Å². The maximum absolute atomic E-state index is 13.8. The Bertz CT molecular complexity index is 974. The third-order valence-electron chi connectivity index (χ3n) is 5.43. The summed E-state index contributed by atoms with van der Waals surface area (Å²) in [6.45, 7) is 4.07. The molecule has 0 atom stereocenters. The van der Waals surface area contributed by atoms with Crippen LogP contribution in [0, 0.1) is 11.6 Å². The number of benzene rings is 3. The van der Waals surface area contributed by atoms with Crippen LogP contribution in [0.3, 0.4) is 0 Å². The summed E-state index contributed by atoms with van der Waals surface area (Å²) >= 11 is 0. The number of methoxy groups -OCH3 is 2. The summed E-state index contributed by atoms with van der Waals surface area (Å²) in [7, 11) is 3.14. The summed E-state index contributed by atoms with van der Waals surface area (Å²) in [5, 5.41) is 11.9. The van der Waals surface area contributed by atoms with Crippen LogP contribution in [0.2, 0.25) is 0 Å². The Labute approximate surface area is 182 Å². The minimum absolute atomic E-state index is 0.134. The quantitative estimate of drug-likeness (QED) is 0.496. The molecule has 1 N–H and O–H groups in total. The zero-order valence-corrected chi connectivity index (χ0v) is 18.3. The fourth-order valence-electron chi connectivity index (χ4n) is 4.01. The number of hydrogen-bond acceptors (Lipinski definition) is 3. The van der Waals surface area contributed by atoms with Gasteiger partial charge in [0.25, 0.3) is 0 Å². The molecule has 3 rings (SSSR count). The monoisotopic (exact) mass is 426 g/mol. The molecule has 0 aromatic heterocycles. The molecule has 0 aliphatic heterocycles. The first-order valence-corrected chi connectivity index (χ1v) is 10.2. The summed E-state index contributed by atoms with van der Waals surface area (Å²) in [5.74, 6) is 0.577. The Hall–Kier alpha value is -2.92. The zero-order chi connectivity index (χ0) is 22.6. The standard InChI is InChI=1S/C26H28F2O3/c1-17(2)25-23(30-3)13-20(14-24(25)31-4)26(29,15-18-7-5-9-21(27)11-18)16-19-8-6-10-22(28)12-19/h5-14,17,29H,15-16H2,1-4H3. The Balaban J connectivity index is 2.15. The van der Waals surface area contributed by atoms with Gasteiger partial charge in [-0.1, -0.05) is 38.1 Å². The Morgan fingerprint density at radius 3 is 1.61 bits per heavy atom. The molecule has 3 aromatic rings. The molecule has 31 heavy (non-hydrogen) atoms. The highest BCUT2D eigenvalue weighted by molar-refractivity contribution is 5.52. The van der Waals surface area contributed by atoms with Crippen LogP contribution in [-0.4, -0.2) is 19.3 Å². The van der Waals surface area contributed by atoms with E-state index in [1.165, 1.54) is 24.3 Å². The molecule has 0 aliphatic carbocycles. The Morgan fingerprint density at radius 2 is 1.26 bits per heavy atom. The van der Waals surface area contributed by atoms with Gasteiger partial charge in [-0.25, -0.2) is 8.78 Å². The van der Waals surface area contributed by atoms with Crippen LogP contribution in [0.5, 0.6) is 11.5 Å². The normalized spacial score (nSPS) is 11.6. The lowest BCUT2D eigenvalue weighted by molar-refractivity contribution is 0.0365. The molecule has 0 unspecified atom stereocenters. The van der Waals surface area contributed by atoms with Gasteiger partial charge in [0.1, 0.15) is 23.1 Å². The van der Waals surface area contributed by atoms with Gasteiger partial charge in [-0.15, -0.1) is 0 Å². The van der Waals surface area contributed by atoms with Gasteiger partial charge in [-0.05, 0) is 59.0 Å². The van der Waals surface area contributed by atoms with E-state index in [4.69, 9.17) is 9.47 Å². The zero-order valence-electron chi connectivity index (χ0n) is 18.3. The average molecular weight is 427 g/mol. The van der Waals surface area contributed by atoms with Gasteiger partial charge in [-0.3, -0.25) is 0 Å². The van der Waals surface area contributed by atoms with E-state index in [2.05, 4.69) is 0 Å². The summed E-state index contributed by atoms with van der Waals surface area (Å²) in [5.41, 5.74) is 1.26. The van der Waals surface area contributed by atoms with Gasteiger partial charge < -0.3 is 14.6 Å². The number of aliphatic hydroxyl groups is 1. The average Bonchev–Trinajstić information content (AvgIpc) is 2.72. The van der Waals surface area contributed by atoms with Crippen molar-refractivity contribution in [1.82, 2.24) is 0 Å². The van der Waals surface area contributed by atoms with E-state index in [1.54, 1.807) is 50.6 Å². The molecule has 3 aromatic carbocycles. The molecule has 0 aliphatic rings. The van der Waals surface area contributed by atoms with Crippen LogP contribution in [0.25, 0.3) is 0 Å². The molecule has 0 saturated heterocycles. The van der Waals surface area contributed by atoms with E-state index in [-0.39, 0.29) is 30.4 Å². The molecular weight excluding hydrogens is 398 g/mol. The summed E-state index contributed by atoms with van der Waals surface area (Å²) in [6.07, 6.45) is 0.267. The van der Waals surface area contributed by atoms with Crippen LogP contribution in [0.15, 0.2) is 60.7 Å². The SMILES string of the molecule is COc1cc(C(O)(Cc2cccc(F)c2)Cc2cccc(F)c2)cc(OC)c1C(C)C. The van der Waals surface area contributed by atoms with Crippen LogP contribution < -0.4 is 9.47 Å². The topological polar surface area (TPSA) is 38.7 Å². The second-order valence-electron chi connectivity index (χ2n) is 8.09. The van der Waals surface area contributed by atoms with Crippen LogP contribution >= 0.6 is 0 Å². The lowest BCUT2D eigenvalue weighted by Gasteiger charge is -2.31. The first kappa shape index (κ1) is 22.8. The molecule has 0 radical (unpaired) electrons. The molecule has 0 fully saturated rings. The molecule has 5 heteroatoms. The predicted molar refractivity (Wildman–Crippen MR) is 118 cm³/mol. The van der Waals surface area contributed by atoms with Gasteiger partial charge in [0, 0.05) is 18.4 Å². The predicted octanol–water partition coefficient (Wildman–Crippen LogP) is 5.78. The van der Waals surface area contributed by atoms with E-state index in [0.29, 0.717) is 28.2 Å². The van der Waals surface area contributed by atoms with Crippen molar-refractivity contribution in [2.45, 2.75) is 38.2 Å². The van der Waals surface area contributed by atoms with Gasteiger partial charge in [0.15, 0.2) is 0 Å². The van der Waals surface area contributed by atoms with Crippen LogP contribution in [0.4, 0.5) is 8.78 Å². The summed E-state index contributed by atoms with van der Waals surface area (Å²) in [4.78, 5) is 0. The van der Waals surface area contributed by atoms with Gasteiger partial charge >= 0.3 is 0 Å². The molecular formula is C26H28F2O3. The van der Waals surface area contributed by atoms with Gasteiger partial charge in [0.05, 0.1) is 19.8 Å². The summed E-state index contributed by atoms with van der Waals surface area (Å²) in [6, 6.07) is 15.8.